The Morgan fingerprint density at radius 1 is 1.24 bits per heavy atom. The van der Waals surface area contributed by atoms with E-state index in [-0.39, 0.29) is 5.84 Å². The predicted molar refractivity (Wildman–Crippen MR) is 92.1 cm³/mol. The lowest BCUT2D eigenvalue weighted by atomic mass is 10.1. The molecule has 0 heterocycles. The van der Waals surface area contributed by atoms with Gasteiger partial charge in [0.05, 0.1) is 0 Å². The molecule has 0 amide bonds. The van der Waals surface area contributed by atoms with Crippen molar-refractivity contribution in [2.45, 2.75) is 24.5 Å². The summed E-state index contributed by atoms with van der Waals surface area (Å²) in [6, 6.07) is 12.3. The van der Waals surface area contributed by atoms with Crippen molar-refractivity contribution >= 4 is 33.5 Å². The molecule has 3 N–H and O–H groups in total. The molecule has 0 aromatic heterocycles. The third kappa shape index (κ3) is 4.02. The largest absolute Gasteiger partial charge is 0.409 e. The van der Waals surface area contributed by atoms with Crippen molar-refractivity contribution in [1.29, 1.82) is 0 Å². The molecule has 0 aliphatic heterocycles. The van der Waals surface area contributed by atoms with E-state index in [1.165, 1.54) is 16.7 Å². The lowest BCUT2D eigenvalue weighted by Crippen LogP contribution is -2.15. The second kappa shape index (κ2) is 7.00. The summed E-state index contributed by atoms with van der Waals surface area (Å²) in [6.07, 6.45) is 0. The first kappa shape index (κ1) is 15.9. The highest BCUT2D eigenvalue weighted by atomic mass is 79.9. The summed E-state index contributed by atoms with van der Waals surface area (Å²) in [7, 11) is 0. The number of nitrogens with two attached hydrogens (primary N) is 1. The highest BCUT2D eigenvalue weighted by molar-refractivity contribution is 9.10. The van der Waals surface area contributed by atoms with Crippen LogP contribution in [-0.2, 0) is 5.75 Å². The third-order valence-corrected chi connectivity index (χ3v) is 4.80. The molecule has 2 rings (SSSR count). The molecule has 0 aliphatic carbocycles. The van der Waals surface area contributed by atoms with Crippen LogP contribution in [0.15, 0.2) is 50.9 Å². The third-order valence-electron chi connectivity index (χ3n) is 3.02. The number of hydrogen-bond donors (Lipinski definition) is 2. The van der Waals surface area contributed by atoms with E-state index < -0.39 is 0 Å². The number of aryl methyl sites for hydroxylation is 2. The van der Waals surface area contributed by atoms with Gasteiger partial charge < -0.3 is 10.9 Å². The van der Waals surface area contributed by atoms with Gasteiger partial charge in [0.1, 0.15) is 0 Å². The average molecular weight is 365 g/mol. The Balaban J connectivity index is 2.26. The van der Waals surface area contributed by atoms with Crippen molar-refractivity contribution in [3.8, 4) is 0 Å². The van der Waals surface area contributed by atoms with Gasteiger partial charge in [-0.05, 0) is 47.5 Å². The van der Waals surface area contributed by atoms with Crippen LogP contribution in [0.3, 0.4) is 0 Å². The Kier molecular flexibility index (Phi) is 5.31. The summed E-state index contributed by atoms with van der Waals surface area (Å²) >= 11 is 5.13. The number of rotatable bonds is 4. The van der Waals surface area contributed by atoms with Gasteiger partial charge in [0.25, 0.3) is 0 Å². The molecule has 5 heteroatoms. The Morgan fingerprint density at radius 3 is 2.52 bits per heavy atom. The van der Waals surface area contributed by atoms with E-state index in [1.807, 2.05) is 18.2 Å². The van der Waals surface area contributed by atoms with E-state index in [0.717, 1.165) is 20.7 Å². The number of nitrogens with zero attached hydrogens (tertiary/aromatic N) is 1. The maximum Gasteiger partial charge on any atom is 0.172 e. The number of thioether (sulfide) groups is 1. The minimum Gasteiger partial charge on any atom is -0.409 e. The molecule has 2 aromatic rings. The monoisotopic (exact) mass is 364 g/mol. The molecule has 0 bridgehead atoms. The van der Waals surface area contributed by atoms with Crippen LogP contribution in [0.1, 0.15) is 22.3 Å². The van der Waals surface area contributed by atoms with Crippen molar-refractivity contribution in [3.05, 3.63) is 63.1 Å². The smallest absolute Gasteiger partial charge is 0.172 e. The van der Waals surface area contributed by atoms with Gasteiger partial charge in [-0.3, -0.25) is 0 Å². The summed E-state index contributed by atoms with van der Waals surface area (Å²) in [5, 5.41) is 12.0. The fourth-order valence-corrected chi connectivity index (χ4v) is 3.96. The number of halogens is 1. The molecule has 0 atom stereocenters. The normalized spacial score (nSPS) is 11.7. The molecule has 0 spiro atoms. The summed E-state index contributed by atoms with van der Waals surface area (Å²) in [5.41, 5.74) is 10.3. The fourth-order valence-electron chi connectivity index (χ4n) is 2.24. The summed E-state index contributed by atoms with van der Waals surface area (Å²) in [6.45, 7) is 4.20. The molecule has 0 saturated heterocycles. The van der Waals surface area contributed by atoms with Crippen molar-refractivity contribution in [1.82, 2.24) is 0 Å². The van der Waals surface area contributed by atoms with Crippen molar-refractivity contribution in [2.75, 3.05) is 0 Å². The first-order chi connectivity index (χ1) is 10.0. The zero-order valence-corrected chi connectivity index (χ0v) is 14.3. The van der Waals surface area contributed by atoms with Gasteiger partial charge >= 0.3 is 0 Å². The van der Waals surface area contributed by atoms with Crippen molar-refractivity contribution in [3.63, 3.8) is 0 Å². The molecule has 2 aromatic carbocycles. The molecule has 0 saturated carbocycles. The molecule has 3 nitrogen and oxygen atoms in total. The SMILES string of the molecule is Cc1cc(C)cc(CSc2cccc(Br)c2/C(N)=N/O)c1. The van der Waals surface area contributed by atoms with Crippen molar-refractivity contribution < 1.29 is 5.21 Å². The Morgan fingerprint density at radius 2 is 1.90 bits per heavy atom. The van der Waals surface area contributed by atoms with Crippen LogP contribution >= 0.6 is 27.7 Å². The molecule has 21 heavy (non-hydrogen) atoms. The molecule has 0 fully saturated rings. The van der Waals surface area contributed by atoms with E-state index in [2.05, 4.69) is 53.1 Å². The summed E-state index contributed by atoms with van der Waals surface area (Å²) < 4.78 is 0.822. The van der Waals surface area contributed by atoms with Crippen LogP contribution in [0, 0.1) is 13.8 Å². The van der Waals surface area contributed by atoms with Gasteiger partial charge in [0.2, 0.25) is 0 Å². The zero-order chi connectivity index (χ0) is 15.4. The Hall–Kier alpha value is -1.46. The number of hydrogen-bond acceptors (Lipinski definition) is 3. The van der Waals surface area contributed by atoms with E-state index in [4.69, 9.17) is 10.9 Å². The van der Waals surface area contributed by atoms with E-state index in [1.54, 1.807) is 11.8 Å². The molecule has 0 unspecified atom stereocenters. The highest BCUT2D eigenvalue weighted by Crippen LogP contribution is 2.31. The number of amidine groups is 1. The lowest BCUT2D eigenvalue weighted by Gasteiger charge is -2.10. The zero-order valence-electron chi connectivity index (χ0n) is 11.9. The molecular formula is C16H17BrN2OS. The lowest BCUT2D eigenvalue weighted by molar-refractivity contribution is 0.318. The second-order valence-electron chi connectivity index (χ2n) is 4.88. The predicted octanol–water partition coefficient (Wildman–Crippen LogP) is 4.45. The maximum absolute atomic E-state index is 8.93. The van der Waals surface area contributed by atoms with E-state index >= 15 is 0 Å². The molecular weight excluding hydrogens is 348 g/mol. The summed E-state index contributed by atoms with van der Waals surface area (Å²) in [5.74, 6) is 0.954. The first-order valence-electron chi connectivity index (χ1n) is 6.47. The van der Waals surface area contributed by atoms with Gasteiger partial charge in [-0.1, -0.05) is 40.5 Å². The summed E-state index contributed by atoms with van der Waals surface area (Å²) in [4.78, 5) is 0.985. The van der Waals surface area contributed by atoms with Crippen LogP contribution in [-0.4, -0.2) is 11.0 Å². The van der Waals surface area contributed by atoms with Crippen LogP contribution in [0.2, 0.25) is 0 Å². The quantitative estimate of drug-likeness (QED) is 0.277. The molecule has 110 valence electrons. The van der Waals surface area contributed by atoms with Gasteiger partial charge in [-0.2, -0.15) is 0 Å². The Labute approximate surface area is 137 Å². The van der Waals surface area contributed by atoms with Crippen LogP contribution < -0.4 is 5.73 Å². The highest BCUT2D eigenvalue weighted by Gasteiger charge is 2.12. The fraction of sp³-hybridized carbons (Fsp3) is 0.188. The van der Waals surface area contributed by atoms with E-state index in [0.29, 0.717) is 0 Å². The first-order valence-corrected chi connectivity index (χ1v) is 8.25. The number of benzene rings is 2. The van der Waals surface area contributed by atoms with Crippen LogP contribution in [0.4, 0.5) is 0 Å². The Bertz CT molecular complexity index is 666. The second-order valence-corrected chi connectivity index (χ2v) is 6.75. The number of oxime groups is 1. The standard InChI is InChI=1S/C16H17BrN2OS/c1-10-6-11(2)8-12(7-10)9-21-14-5-3-4-13(17)15(14)16(18)19-20/h3-8,20H,9H2,1-2H3,(H2,18,19). The molecule has 0 radical (unpaired) electrons. The van der Waals surface area contributed by atoms with Gasteiger partial charge in [0.15, 0.2) is 5.84 Å². The van der Waals surface area contributed by atoms with E-state index in [9.17, 15) is 0 Å². The minimum atomic E-state index is 0.116. The topological polar surface area (TPSA) is 58.6 Å². The van der Waals surface area contributed by atoms with Crippen LogP contribution in [0.5, 0.6) is 0 Å². The molecule has 0 aliphatic rings. The minimum absolute atomic E-state index is 0.116. The van der Waals surface area contributed by atoms with Crippen LogP contribution in [0.25, 0.3) is 0 Å². The van der Waals surface area contributed by atoms with Gasteiger partial charge in [0, 0.05) is 20.7 Å². The average Bonchev–Trinajstić information content (AvgIpc) is 2.43. The van der Waals surface area contributed by atoms with Crippen molar-refractivity contribution in [2.24, 2.45) is 10.9 Å². The van der Waals surface area contributed by atoms with Gasteiger partial charge in [-0.15, -0.1) is 11.8 Å². The van der Waals surface area contributed by atoms with Gasteiger partial charge in [-0.25, -0.2) is 0 Å². The maximum atomic E-state index is 8.93.